The lowest BCUT2D eigenvalue weighted by Crippen LogP contribution is -2.37. The van der Waals surface area contributed by atoms with Crippen molar-refractivity contribution in [2.75, 3.05) is 17.3 Å². The second-order valence-electron chi connectivity index (χ2n) is 7.00. The second kappa shape index (κ2) is 9.01. The van der Waals surface area contributed by atoms with Gasteiger partial charge in [0.2, 0.25) is 5.91 Å². The summed E-state index contributed by atoms with van der Waals surface area (Å²) >= 11 is 1.50. The van der Waals surface area contributed by atoms with E-state index in [1.54, 1.807) is 55.6 Å². The molecule has 0 aliphatic carbocycles. The van der Waals surface area contributed by atoms with Gasteiger partial charge in [0, 0.05) is 10.6 Å². The van der Waals surface area contributed by atoms with E-state index in [2.05, 4.69) is 5.32 Å². The molecule has 2 heterocycles. The molecule has 1 aromatic heterocycles. The standard InChI is InChI=1S/C23H21N3O4S/c1-30-18-11-9-16(10-12-18)24-21(27)14-20-22(28)26(17-6-3-2-4-7-17)23(29)25(20)15-19-8-5-13-31-19/h2-13,20H,14-15H2,1H3,(H,24,27). The number of imide groups is 1. The van der Waals surface area contributed by atoms with Crippen molar-refractivity contribution in [1.82, 2.24) is 4.90 Å². The van der Waals surface area contributed by atoms with E-state index in [0.717, 1.165) is 9.78 Å². The van der Waals surface area contributed by atoms with Gasteiger partial charge >= 0.3 is 6.03 Å². The highest BCUT2D eigenvalue weighted by Crippen LogP contribution is 2.29. The number of rotatable bonds is 7. The van der Waals surface area contributed by atoms with Gasteiger partial charge in [-0.15, -0.1) is 11.3 Å². The summed E-state index contributed by atoms with van der Waals surface area (Å²) in [7, 11) is 1.57. The number of carbonyl (C=O) groups excluding carboxylic acids is 3. The number of nitrogens with zero attached hydrogens (tertiary/aromatic N) is 2. The van der Waals surface area contributed by atoms with Gasteiger partial charge in [-0.3, -0.25) is 9.59 Å². The lowest BCUT2D eigenvalue weighted by atomic mass is 10.1. The molecule has 8 heteroatoms. The number of para-hydroxylation sites is 1. The SMILES string of the molecule is COc1ccc(NC(=O)CC2C(=O)N(c3ccccc3)C(=O)N2Cc2cccs2)cc1. The van der Waals surface area contributed by atoms with Crippen LogP contribution in [0.15, 0.2) is 72.1 Å². The minimum absolute atomic E-state index is 0.134. The quantitative estimate of drug-likeness (QED) is 0.566. The number of hydrogen-bond donors (Lipinski definition) is 1. The number of ether oxygens (including phenoxy) is 1. The lowest BCUT2D eigenvalue weighted by molar-refractivity contribution is -0.124. The summed E-state index contributed by atoms with van der Waals surface area (Å²) in [6.07, 6.45) is -0.134. The first kappa shape index (κ1) is 20.6. The van der Waals surface area contributed by atoms with Crippen LogP contribution in [0.2, 0.25) is 0 Å². The van der Waals surface area contributed by atoms with E-state index in [9.17, 15) is 14.4 Å². The zero-order valence-corrected chi connectivity index (χ0v) is 17.7. The van der Waals surface area contributed by atoms with Crippen LogP contribution in [-0.4, -0.2) is 35.9 Å². The predicted octanol–water partition coefficient (Wildman–Crippen LogP) is 4.12. The summed E-state index contributed by atoms with van der Waals surface area (Å²) in [5.74, 6) is -0.0739. The van der Waals surface area contributed by atoms with Crippen molar-refractivity contribution < 1.29 is 19.1 Å². The summed E-state index contributed by atoms with van der Waals surface area (Å²) in [4.78, 5) is 42.6. The van der Waals surface area contributed by atoms with E-state index in [0.29, 0.717) is 17.1 Å². The van der Waals surface area contributed by atoms with Crippen LogP contribution in [0.4, 0.5) is 16.2 Å². The lowest BCUT2D eigenvalue weighted by Gasteiger charge is -2.21. The molecule has 0 saturated carbocycles. The van der Waals surface area contributed by atoms with E-state index >= 15 is 0 Å². The smallest absolute Gasteiger partial charge is 0.332 e. The molecule has 1 aliphatic heterocycles. The Balaban J connectivity index is 1.55. The molecule has 1 saturated heterocycles. The first-order valence-corrected chi connectivity index (χ1v) is 10.6. The summed E-state index contributed by atoms with van der Waals surface area (Å²) in [5, 5.41) is 4.70. The largest absolute Gasteiger partial charge is 0.497 e. The van der Waals surface area contributed by atoms with Crippen LogP contribution in [0.5, 0.6) is 5.75 Å². The molecule has 2 aromatic carbocycles. The normalized spacial score (nSPS) is 16.0. The van der Waals surface area contributed by atoms with Crippen molar-refractivity contribution in [3.05, 3.63) is 77.0 Å². The van der Waals surface area contributed by atoms with Gasteiger partial charge in [0.05, 0.1) is 25.8 Å². The van der Waals surface area contributed by atoms with Gasteiger partial charge < -0.3 is 15.0 Å². The average molecular weight is 436 g/mol. The van der Waals surface area contributed by atoms with Gasteiger partial charge in [-0.05, 0) is 47.8 Å². The molecule has 3 aromatic rings. The molecule has 158 valence electrons. The maximum absolute atomic E-state index is 13.2. The Morgan fingerprint density at radius 2 is 1.77 bits per heavy atom. The number of urea groups is 1. The van der Waals surface area contributed by atoms with Crippen molar-refractivity contribution in [3.8, 4) is 5.75 Å². The Kier molecular flexibility index (Phi) is 5.99. The Morgan fingerprint density at radius 1 is 1.03 bits per heavy atom. The summed E-state index contributed by atoms with van der Waals surface area (Å²) < 4.78 is 5.12. The van der Waals surface area contributed by atoms with Crippen LogP contribution in [0.1, 0.15) is 11.3 Å². The van der Waals surface area contributed by atoms with E-state index in [1.807, 2.05) is 23.6 Å². The summed E-state index contributed by atoms with van der Waals surface area (Å²) in [6, 6.07) is 18.2. The van der Waals surface area contributed by atoms with Gasteiger partial charge in [-0.25, -0.2) is 9.69 Å². The number of methoxy groups -OCH3 is 1. The van der Waals surface area contributed by atoms with Crippen molar-refractivity contribution in [2.24, 2.45) is 0 Å². The van der Waals surface area contributed by atoms with Gasteiger partial charge in [0.1, 0.15) is 11.8 Å². The highest BCUT2D eigenvalue weighted by atomic mass is 32.1. The number of carbonyl (C=O) groups is 3. The number of nitrogens with one attached hydrogen (secondary N) is 1. The molecule has 4 rings (SSSR count). The van der Waals surface area contributed by atoms with Crippen molar-refractivity contribution >= 4 is 40.6 Å². The number of thiophene rings is 1. The van der Waals surface area contributed by atoms with E-state index < -0.39 is 18.0 Å². The van der Waals surface area contributed by atoms with Crippen molar-refractivity contribution in [3.63, 3.8) is 0 Å². The zero-order chi connectivity index (χ0) is 21.8. The molecule has 0 radical (unpaired) electrons. The summed E-state index contributed by atoms with van der Waals surface area (Å²) in [6.45, 7) is 0.270. The first-order chi connectivity index (χ1) is 15.1. The third-order valence-electron chi connectivity index (χ3n) is 4.99. The molecule has 31 heavy (non-hydrogen) atoms. The van der Waals surface area contributed by atoms with E-state index in [-0.39, 0.29) is 18.9 Å². The third kappa shape index (κ3) is 4.44. The minimum Gasteiger partial charge on any atom is -0.497 e. The Bertz CT molecular complexity index is 1070. The fourth-order valence-electron chi connectivity index (χ4n) is 3.46. The number of benzene rings is 2. The number of amides is 4. The molecule has 1 N–H and O–H groups in total. The maximum atomic E-state index is 13.2. The molecule has 0 spiro atoms. The van der Waals surface area contributed by atoms with Crippen LogP contribution in [0.3, 0.4) is 0 Å². The van der Waals surface area contributed by atoms with Crippen LogP contribution in [-0.2, 0) is 16.1 Å². The second-order valence-corrected chi connectivity index (χ2v) is 8.03. The Hall–Kier alpha value is -3.65. The Morgan fingerprint density at radius 3 is 2.42 bits per heavy atom. The van der Waals surface area contributed by atoms with Crippen molar-refractivity contribution in [1.29, 1.82) is 0 Å². The van der Waals surface area contributed by atoms with E-state index in [1.165, 1.54) is 16.2 Å². The highest BCUT2D eigenvalue weighted by molar-refractivity contribution is 7.09. The van der Waals surface area contributed by atoms with Gasteiger partial charge in [-0.1, -0.05) is 24.3 Å². The van der Waals surface area contributed by atoms with E-state index in [4.69, 9.17) is 4.74 Å². The number of hydrogen-bond acceptors (Lipinski definition) is 5. The van der Waals surface area contributed by atoms with Gasteiger partial charge in [0.15, 0.2) is 0 Å². The molecule has 0 bridgehead atoms. The maximum Gasteiger partial charge on any atom is 0.332 e. The molecule has 1 atom stereocenters. The molecule has 4 amide bonds. The highest BCUT2D eigenvalue weighted by Gasteiger charge is 2.46. The molecular formula is C23H21N3O4S. The number of anilines is 2. The van der Waals surface area contributed by atoms with Crippen LogP contribution >= 0.6 is 11.3 Å². The predicted molar refractivity (Wildman–Crippen MR) is 119 cm³/mol. The van der Waals surface area contributed by atoms with Crippen LogP contribution in [0, 0.1) is 0 Å². The molecule has 1 unspecified atom stereocenters. The molecule has 1 fully saturated rings. The van der Waals surface area contributed by atoms with Crippen LogP contribution in [0.25, 0.3) is 0 Å². The fourth-order valence-corrected chi connectivity index (χ4v) is 4.16. The summed E-state index contributed by atoms with van der Waals surface area (Å²) in [5.41, 5.74) is 1.08. The van der Waals surface area contributed by atoms with Gasteiger partial charge in [0.25, 0.3) is 5.91 Å². The third-order valence-corrected chi connectivity index (χ3v) is 5.85. The molecule has 7 nitrogen and oxygen atoms in total. The fraction of sp³-hybridized carbons (Fsp3) is 0.174. The zero-order valence-electron chi connectivity index (χ0n) is 16.9. The monoisotopic (exact) mass is 435 g/mol. The average Bonchev–Trinajstić information content (AvgIpc) is 3.37. The Labute approximate surface area is 183 Å². The molecular weight excluding hydrogens is 414 g/mol. The van der Waals surface area contributed by atoms with Crippen molar-refractivity contribution in [2.45, 2.75) is 19.0 Å². The minimum atomic E-state index is -0.881. The molecule has 1 aliphatic rings. The first-order valence-electron chi connectivity index (χ1n) is 9.72. The topological polar surface area (TPSA) is 79.0 Å². The van der Waals surface area contributed by atoms with Gasteiger partial charge in [-0.2, -0.15) is 0 Å². The van der Waals surface area contributed by atoms with Crippen LogP contribution < -0.4 is 15.0 Å².